The molecule has 2 aromatic heterocycles. The Balaban J connectivity index is 1.92. The molecule has 112 valence electrons. The summed E-state index contributed by atoms with van der Waals surface area (Å²) in [6.07, 6.45) is 0. The van der Waals surface area contributed by atoms with Crippen LogP contribution in [0.1, 0.15) is 20.0 Å². The third-order valence-corrected chi connectivity index (χ3v) is 3.93. The van der Waals surface area contributed by atoms with Gasteiger partial charge in [0.1, 0.15) is 16.5 Å². The number of carbonyl (C=O) groups is 2. The molecule has 2 heterocycles. The molecule has 9 heteroatoms. The van der Waals surface area contributed by atoms with Crippen molar-refractivity contribution in [3.8, 4) is 0 Å². The molecule has 1 amide bonds. The van der Waals surface area contributed by atoms with E-state index in [0.717, 1.165) is 23.5 Å². The lowest BCUT2D eigenvalue weighted by Crippen LogP contribution is -2.13. The van der Waals surface area contributed by atoms with E-state index in [1.54, 1.807) is 0 Å². The van der Waals surface area contributed by atoms with E-state index < -0.39 is 23.5 Å². The van der Waals surface area contributed by atoms with Gasteiger partial charge in [0, 0.05) is 11.6 Å². The van der Waals surface area contributed by atoms with E-state index in [9.17, 15) is 18.4 Å². The van der Waals surface area contributed by atoms with Gasteiger partial charge in [-0.15, -0.1) is 11.3 Å². The number of thiophene rings is 1. The fraction of sp³-hybridized carbons (Fsp3) is 0. The number of carboxylic acid groups (broad SMARTS) is 1. The third-order valence-electron chi connectivity index (χ3n) is 2.80. The quantitative estimate of drug-likeness (QED) is 0.690. The van der Waals surface area contributed by atoms with Gasteiger partial charge in [-0.05, 0) is 18.2 Å². The van der Waals surface area contributed by atoms with Crippen molar-refractivity contribution in [3.05, 3.63) is 46.3 Å². The predicted molar refractivity (Wildman–Crippen MR) is 75.2 cm³/mol. The number of carbonyl (C=O) groups excluding carboxylic acids is 1. The topological polar surface area (TPSA) is 95.1 Å². The van der Waals surface area contributed by atoms with Crippen LogP contribution in [0.15, 0.2) is 24.3 Å². The van der Waals surface area contributed by atoms with Crippen LogP contribution in [0.3, 0.4) is 0 Å². The summed E-state index contributed by atoms with van der Waals surface area (Å²) >= 11 is 0.926. The zero-order valence-electron chi connectivity index (χ0n) is 10.7. The van der Waals surface area contributed by atoms with Gasteiger partial charge >= 0.3 is 5.97 Å². The van der Waals surface area contributed by atoms with Gasteiger partial charge in [0.15, 0.2) is 5.82 Å². The highest BCUT2D eigenvalue weighted by molar-refractivity contribution is 7.21. The van der Waals surface area contributed by atoms with Gasteiger partial charge < -0.3 is 10.4 Å². The second-order valence-corrected chi connectivity index (χ2v) is 5.40. The first-order valence-electron chi connectivity index (χ1n) is 5.92. The summed E-state index contributed by atoms with van der Waals surface area (Å²) in [6, 6.07) is 3.81. The minimum atomic E-state index is -1.10. The van der Waals surface area contributed by atoms with E-state index in [2.05, 4.69) is 15.5 Å². The molecule has 0 aliphatic rings. The van der Waals surface area contributed by atoms with Crippen molar-refractivity contribution < 1.29 is 23.5 Å². The summed E-state index contributed by atoms with van der Waals surface area (Å²) in [5.41, 5.74) is 0.242. The number of rotatable bonds is 3. The first-order valence-corrected chi connectivity index (χ1v) is 6.74. The molecule has 0 radical (unpaired) electrons. The van der Waals surface area contributed by atoms with Gasteiger partial charge in [-0.25, -0.2) is 13.6 Å². The predicted octanol–water partition coefficient (Wildman–Crippen LogP) is 2.85. The monoisotopic (exact) mass is 323 g/mol. The van der Waals surface area contributed by atoms with Crippen LogP contribution in [0.4, 0.5) is 14.6 Å². The molecule has 0 saturated carbocycles. The standard InChI is InChI=1S/C13H7F2N3O3S/c14-6-1-5(2-7(15)3-6)12(19)16-11-10-8(17-18-11)4-9(22-10)13(20)21/h1-4H,(H,20,21)(H2,16,17,18,19). The van der Waals surface area contributed by atoms with Crippen LogP contribution in [-0.2, 0) is 0 Å². The second-order valence-electron chi connectivity index (χ2n) is 4.34. The van der Waals surface area contributed by atoms with Gasteiger partial charge in [-0.2, -0.15) is 5.10 Å². The van der Waals surface area contributed by atoms with Crippen LogP contribution >= 0.6 is 11.3 Å². The third kappa shape index (κ3) is 2.53. The zero-order chi connectivity index (χ0) is 15.9. The summed E-state index contributed by atoms with van der Waals surface area (Å²) in [5, 5.41) is 17.7. The summed E-state index contributed by atoms with van der Waals surface area (Å²) in [4.78, 5) is 23.0. The molecule has 3 aromatic rings. The molecule has 0 atom stereocenters. The molecule has 0 unspecified atom stereocenters. The lowest BCUT2D eigenvalue weighted by Gasteiger charge is -2.02. The lowest BCUT2D eigenvalue weighted by atomic mass is 10.2. The zero-order valence-corrected chi connectivity index (χ0v) is 11.5. The van der Waals surface area contributed by atoms with Gasteiger partial charge in [0.25, 0.3) is 5.91 Å². The summed E-state index contributed by atoms with van der Waals surface area (Å²) < 4.78 is 26.6. The molecule has 6 nitrogen and oxygen atoms in total. The van der Waals surface area contributed by atoms with E-state index in [-0.39, 0.29) is 16.3 Å². The number of anilines is 1. The number of nitrogens with one attached hydrogen (secondary N) is 2. The van der Waals surface area contributed by atoms with Crippen LogP contribution in [0, 0.1) is 11.6 Å². The number of amides is 1. The highest BCUT2D eigenvalue weighted by atomic mass is 32.1. The smallest absolute Gasteiger partial charge is 0.345 e. The summed E-state index contributed by atoms with van der Waals surface area (Å²) in [5.74, 6) is -3.50. The lowest BCUT2D eigenvalue weighted by molar-refractivity contribution is 0.0702. The SMILES string of the molecule is O=C(Nc1n[nH]c2cc(C(=O)O)sc12)c1cc(F)cc(F)c1. The van der Waals surface area contributed by atoms with Crippen LogP contribution < -0.4 is 5.32 Å². The maximum absolute atomic E-state index is 13.1. The average molecular weight is 323 g/mol. The number of carboxylic acids is 1. The molecule has 1 aromatic carbocycles. The number of aromatic amines is 1. The Kier molecular flexibility index (Phi) is 3.33. The van der Waals surface area contributed by atoms with Crippen LogP contribution in [0.2, 0.25) is 0 Å². The van der Waals surface area contributed by atoms with Gasteiger partial charge in [0.05, 0.1) is 10.2 Å². The number of H-pyrrole nitrogens is 1. The Hall–Kier alpha value is -2.81. The van der Waals surface area contributed by atoms with Crippen LogP contribution in [-0.4, -0.2) is 27.2 Å². The summed E-state index contributed by atoms with van der Waals surface area (Å²) in [6.45, 7) is 0. The normalized spacial score (nSPS) is 10.8. The molecular formula is C13H7F2N3O3S. The van der Waals surface area contributed by atoms with E-state index in [1.165, 1.54) is 6.07 Å². The fourth-order valence-corrected chi connectivity index (χ4v) is 2.76. The molecule has 0 bridgehead atoms. The van der Waals surface area contributed by atoms with Crippen molar-refractivity contribution in [3.63, 3.8) is 0 Å². The van der Waals surface area contributed by atoms with Gasteiger partial charge in [-0.1, -0.05) is 0 Å². The van der Waals surface area contributed by atoms with E-state index >= 15 is 0 Å². The fourth-order valence-electron chi connectivity index (χ4n) is 1.87. The Morgan fingerprint density at radius 2 is 1.86 bits per heavy atom. The first kappa shape index (κ1) is 14.1. The first-order chi connectivity index (χ1) is 10.4. The number of hydrogen-bond donors (Lipinski definition) is 3. The maximum atomic E-state index is 13.1. The molecule has 22 heavy (non-hydrogen) atoms. The van der Waals surface area contributed by atoms with Gasteiger partial charge in [-0.3, -0.25) is 9.89 Å². The Labute approximate surface area is 125 Å². The molecule has 3 N–H and O–H groups in total. The molecule has 0 fully saturated rings. The molecule has 0 aliphatic heterocycles. The number of nitrogens with zero attached hydrogens (tertiary/aromatic N) is 1. The Morgan fingerprint density at radius 3 is 2.50 bits per heavy atom. The van der Waals surface area contributed by atoms with Crippen molar-refractivity contribution in [1.29, 1.82) is 0 Å². The van der Waals surface area contributed by atoms with Crippen LogP contribution in [0.25, 0.3) is 10.2 Å². The minimum absolute atomic E-state index is 0.0796. The largest absolute Gasteiger partial charge is 0.477 e. The van der Waals surface area contributed by atoms with Crippen molar-refractivity contribution in [2.75, 3.05) is 5.32 Å². The molecule has 3 rings (SSSR count). The van der Waals surface area contributed by atoms with E-state index in [4.69, 9.17) is 5.11 Å². The van der Waals surface area contributed by atoms with Crippen molar-refractivity contribution in [2.45, 2.75) is 0 Å². The highest BCUT2D eigenvalue weighted by Gasteiger charge is 2.17. The number of fused-ring (bicyclic) bond motifs is 1. The van der Waals surface area contributed by atoms with Crippen molar-refractivity contribution in [1.82, 2.24) is 10.2 Å². The highest BCUT2D eigenvalue weighted by Crippen LogP contribution is 2.30. The molecule has 0 spiro atoms. The number of benzene rings is 1. The van der Waals surface area contributed by atoms with Crippen molar-refractivity contribution >= 4 is 39.2 Å². The Morgan fingerprint density at radius 1 is 1.18 bits per heavy atom. The number of hydrogen-bond acceptors (Lipinski definition) is 4. The molecule has 0 aliphatic carbocycles. The number of aromatic carboxylic acids is 1. The van der Waals surface area contributed by atoms with E-state index in [0.29, 0.717) is 16.3 Å². The van der Waals surface area contributed by atoms with Crippen LogP contribution in [0.5, 0.6) is 0 Å². The van der Waals surface area contributed by atoms with E-state index in [1.807, 2.05) is 0 Å². The molecule has 0 saturated heterocycles. The maximum Gasteiger partial charge on any atom is 0.345 e. The Bertz CT molecular complexity index is 883. The summed E-state index contributed by atoms with van der Waals surface area (Å²) in [7, 11) is 0. The minimum Gasteiger partial charge on any atom is -0.477 e. The van der Waals surface area contributed by atoms with Crippen molar-refractivity contribution in [2.24, 2.45) is 0 Å². The number of aromatic nitrogens is 2. The number of halogens is 2. The van der Waals surface area contributed by atoms with Gasteiger partial charge in [0.2, 0.25) is 0 Å². The average Bonchev–Trinajstić information content (AvgIpc) is 2.99. The molecular weight excluding hydrogens is 316 g/mol. The second kappa shape index (κ2) is 5.19.